The van der Waals surface area contributed by atoms with Crippen LogP contribution in [0.5, 0.6) is 0 Å². The van der Waals surface area contributed by atoms with Gasteiger partial charge in [0.25, 0.3) is 0 Å². The van der Waals surface area contributed by atoms with Crippen LogP contribution in [-0.2, 0) is 21.6 Å². The highest BCUT2D eigenvalue weighted by Gasteiger charge is 2.44. The molecule has 2 rings (SSSR count). The van der Waals surface area contributed by atoms with Crippen molar-refractivity contribution in [1.82, 2.24) is 0 Å². The number of carbonyl (C=O) groups is 1. The molecule has 0 spiro atoms. The molecule has 0 bridgehead atoms. The second-order valence-electron chi connectivity index (χ2n) is 5.40. The third-order valence-electron chi connectivity index (χ3n) is 3.83. The fourth-order valence-electron chi connectivity index (χ4n) is 2.85. The minimum atomic E-state index is -1.54. The number of aryl methyl sites for hydroxylation is 1. The fourth-order valence-corrected chi connectivity index (χ4v) is 2.85. The van der Waals surface area contributed by atoms with Crippen molar-refractivity contribution in [3.8, 4) is 0 Å². The first-order valence-electron chi connectivity index (χ1n) is 7.88. The van der Waals surface area contributed by atoms with Gasteiger partial charge in [0.05, 0.1) is 6.61 Å². The molecule has 122 valence electrons. The molecule has 1 atom stereocenters. The molecule has 3 N–H and O–H groups in total. The second kappa shape index (κ2) is 7.90. The Morgan fingerprint density at radius 2 is 1.78 bits per heavy atom. The van der Waals surface area contributed by atoms with Crippen LogP contribution in [0, 0.1) is 0 Å². The number of carboxylic acid groups (broad SMARTS) is 1. The summed E-state index contributed by atoms with van der Waals surface area (Å²) in [7, 11) is 0. The summed E-state index contributed by atoms with van der Waals surface area (Å²) in [6.45, 7) is 2.50. The Labute approximate surface area is 136 Å². The molecule has 0 radical (unpaired) electrons. The van der Waals surface area contributed by atoms with E-state index in [0.717, 1.165) is 18.4 Å². The number of benzene rings is 2. The van der Waals surface area contributed by atoms with Gasteiger partial charge in [-0.1, -0.05) is 67.9 Å². The summed E-state index contributed by atoms with van der Waals surface area (Å²) in [5, 5.41) is 10.1. The highest BCUT2D eigenvalue weighted by atomic mass is 16.5. The molecule has 0 aliphatic rings. The van der Waals surface area contributed by atoms with E-state index < -0.39 is 11.6 Å². The molecule has 0 amide bonds. The second-order valence-corrected chi connectivity index (χ2v) is 5.40. The number of hydrogen-bond acceptors (Lipinski definition) is 3. The van der Waals surface area contributed by atoms with Crippen molar-refractivity contribution in [2.75, 3.05) is 13.2 Å². The molecular weight excluding hydrogens is 290 g/mol. The molecule has 0 fully saturated rings. The lowest BCUT2D eigenvalue weighted by molar-refractivity contribution is -0.161. The van der Waals surface area contributed by atoms with Crippen molar-refractivity contribution >= 4 is 5.97 Å². The van der Waals surface area contributed by atoms with Gasteiger partial charge in [-0.3, -0.25) is 0 Å². The summed E-state index contributed by atoms with van der Waals surface area (Å²) in [5.41, 5.74) is 6.30. The third-order valence-corrected chi connectivity index (χ3v) is 3.83. The van der Waals surface area contributed by atoms with Gasteiger partial charge in [-0.15, -0.1) is 0 Å². The largest absolute Gasteiger partial charge is 0.479 e. The fraction of sp³-hybridized carbons (Fsp3) is 0.316. The molecule has 0 saturated carbocycles. The quantitative estimate of drug-likeness (QED) is 0.786. The number of rotatable bonds is 8. The predicted octanol–water partition coefficient (Wildman–Crippen LogP) is 2.94. The Morgan fingerprint density at radius 3 is 2.39 bits per heavy atom. The minimum absolute atomic E-state index is 0.168. The van der Waals surface area contributed by atoms with Gasteiger partial charge in [0.2, 0.25) is 5.60 Å². The summed E-state index contributed by atoms with van der Waals surface area (Å²) in [5.74, 6) is -1.03. The molecule has 0 heterocycles. The Hall–Kier alpha value is -2.17. The van der Waals surface area contributed by atoms with E-state index in [1.54, 1.807) is 12.1 Å². The molecule has 2 aromatic carbocycles. The summed E-state index contributed by atoms with van der Waals surface area (Å²) in [6, 6.07) is 16.6. The lowest BCUT2D eigenvalue weighted by Crippen LogP contribution is -2.42. The van der Waals surface area contributed by atoms with Crippen molar-refractivity contribution in [3.63, 3.8) is 0 Å². The highest BCUT2D eigenvalue weighted by molar-refractivity contribution is 5.84. The standard InChI is InChI=1S/C19H23NO3/c1-2-8-15-9-6-7-12-17(15)19(18(21)22,23-14-13-20)16-10-4-3-5-11-16/h3-7,9-12H,2,8,13-14,20H2,1H3,(H,21,22). The zero-order valence-electron chi connectivity index (χ0n) is 13.4. The normalized spacial score (nSPS) is 13.5. The van der Waals surface area contributed by atoms with Crippen LogP contribution < -0.4 is 5.73 Å². The topological polar surface area (TPSA) is 72.5 Å². The van der Waals surface area contributed by atoms with E-state index in [1.165, 1.54) is 0 Å². The van der Waals surface area contributed by atoms with Gasteiger partial charge >= 0.3 is 5.97 Å². The van der Waals surface area contributed by atoms with Crippen LogP contribution in [0.25, 0.3) is 0 Å². The molecule has 0 aliphatic carbocycles. The molecule has 0 saturated heterocycles. The lowest BCUT2D eigenvalue weighted by Gasteiger charge is -2.32. The molecular formula is C19H23NO3. The van der Waals surface area contributed by atoms with E-state index in [-0.39, 0.29) is 13.2 Å². The highest BCUT2D eigenvalue weighted by Crippen LogP contribution is 2.36. The first kappa shape index (κ1) is 17.2. The van der Waals surface area contributed by atoms with Crippen LogP contribution in [0.1, 0.15) is 30.0 Å². The first-order valence-corrected chi connectivity index (χ1v) is 7.88. The maximum absolute atomic E-state index is 12.3. The van der Waals surface area contributed by atoms with E-state index in [0.29, 0.717) is 11.1 Å². The van der Waals surface area contributed by atoms with Crippen molar-refractivity contribution < 1.29 is 14.6 Å². The summed E-state index contributed by atoms with van der Waals surface area (Å²) >= 11 is 0. The van der Waals surface area contributed by atoms with Gasteiger partial charge in [0.1, 0.15) is 0 Å². The minimum Gasteiger partial charge on any atom is -0.479 e. The maximum atomic E-state index is 12.3. The van der Waals surface area contributed by atoms with Gasteiger partial charge in [-0.05, 0) is 17.5 Å². The van der Waals surface area contributed by atoms with Crippen molar-refractivity contribution in [3.05, 3.63) is 71.3 Å². The molecule has 0 aliphatic heterocycles. The first-order chi connectivity index (χ1) is 11.2. The van der Waals surface area contributed by atoms with Gasteiger partial charge in [-0.25, -0.2) is 4.79 Å². The molecule has 23 heavy (non-hydrogen) atoms. The lowest BCUT2D eigenvalue weighted by atomic mass is 9.82. The van der Waals surface area contributed by atoms with Gasteiger partial charge in [0.15, 0.2) is 0 Å². The average molecular weight is 313 g/mol. The van der Waals surface area contributed by atoms with E-state index in [1.807, 2.05) is 42.5 Å². The zero-order chi connectivity index (χ0) is 16.7. The van der Waals surface area contributed by atoms with Crippen LogP contribution in [-0.4, -0.2) is 24.2 Å². The Kier molecular flexibility index (Phi) is 5.90. The maximum Gasteiger partial charge on any atom is 0.345 e. The number of aliphatic carboxylic acids is 1. The SMILES string of the molecule is CCCc1ccccc1C(OCCN)(C(=O)O)c1ccccc1. The van der Waals surface area contributed by atoms with Crippen LogP contribution in [0.2, 0.25) is 0 Å². The van der Waals surface area contributed by atoms with Crippen LogP contribution >= 0.6 is 0 Å². The van der Waals surface area contributed by atoms with E-state index >= 15 is 0 Å². The number of nitrogens with two attached hydrogens (primary N) is 1. The molecule has 4 nitrogen and oxygen atoms in total. The van der Waals surface area contributed by atoms with Crippen molar-refractivity contribution in [2.45, 2.75) is 25.4 Å². The van der Waals surface area contributed by atoms with Crippen molar-refractivity contribution in [2.24, 2.45) is 5.73 Å². The third kappa shape index (κ3) is 3.44. The van der Waals surface area contributed by atoms with Gasteiger partial charge in [0, 0.05) is 12.1 Å². The monoisotopic (exact) mass is 313 g/mol. The Morgan fingerprint density at radius 1 is 1.13 bits per heavy atom. The van der Waals surface area contributed by atoms with Gasteiger partial charge < -0.3 is 15.6 Å². The molecule has 0 aromatic heterocycles. The zero-order valence-corrected chi connectivity index (χ0v) is 13.4. The summed E-state index contributed by atoms with van der Waals surface area (Å²) < 4.78 is 5.87. The molecule has 2 aromatic rings. The molecule has 4 heteroatoms. The van der Waals surface area contributed by atoms with Gasteiger partial charge in [-0.2, -0.15) is 0 Å². The smallest absolute Gasteiger partial charge is 0.345 e. The summed E-state index contributed by atoms with van der Waals surface area (Å²) in [6.07, 6.45) is 1.72. The number of ether oxygens (including phenoxy) is 1. The Bertz CT molecular complexity index is 642. The average Bonchev–Trinajstić information content (AvgIpc) is 2.58. The van der Waals surface area contributed by atoms with E-state index in [2.05, 4.69) is 6.92 Å². The van der Waals surface area contributed by atoms with Crippen LogP contribution in [0.4, 0.5) is 0 Å². The number of carboxylic acids is 1. The molecule has 1 unspecified atom stereocenters. The Balaban J connectivity index is 2.68. The predicted molar refractivity (Wildman–Crippen MR) is 90.3 cm³/mol. The number of hydrogen-bond donors (Lipinski definition) is 2. The van der Waals surface area contributed by atoms with Crippen LogP contribution in [0.3, 0.4) is 0 Å². The summed E-state index contributed by atoms with van der Waals surface area (Å²) in [4.78, 5) is 12.3. The van der Waals surface area contributed by atoms with E-state index in [9.17, 15) is 9.90 Å². The van der Waals surface area contributed by atoms with Crippen LogP contribution in [0.15, 0.2) is 54.6 Å². The van der Waals surface area contributed by atoms with Crippen molar-refractivity contribution in [1.29, 1.82) is 0 Å². The van der Waals surface area contributed by atoms with E-state index in [4.69, 9.17) is 10.5 Å².